The molecule has 0 amide bonds. The summed E-state index contributed by atoms with van der Waals surface area (Å²) >= 11 is 0.484. The number of halogens is 3. The molecule has 0 aliphatic rings. The van der Waals surface area contributed by atoms with Crippen LogP contribution in [0.15, 0.2) is 24.3 Å². The lowest BCUT2D eigenvalue weighted by atomic mass is 10.2. The first-order valence-electron chi connectivity index (χ1n) is 5.85. The summed E-state index contributed by atoms with van der Waals surface area (Å²) in [4.78, 5) is 0. The van der Waals surface area contributed by atoms with E-state index in [0.717, 1.165) is 11.3 Å². The van der Waals surface area contributed by atoms with E-state index in [2.05, 4.69) is 15.5 Å². The third kappa shape index (κ3) is 3.83. The normalized spacial score (nSPS) is 11.4. The quantitative estimate of drug-likeness (QED) is 0.917. The molecule has 0 saturated heterocycles. The fraction of sp³-hybridized carbons (Fsp3) is 0.333. The highest BCUT2D eigenvalue weighted by atomic mass is 32.1. The second-order valence-electron chi connectivity index (χ2n) is 3.84. The third-order valence-electron chi connectivity index (χ3n) is 2.32. The molecule has 4 nitrogen and oxygen atoms in total. The van der Waals surface area contributed by atoms with Gasteiger partial charge in [0.15, 0.2) is 0 Å². The molecule has 20 heavy (non-hydrogen) atoms. The number of benzene rings is 1. The summed E-state index contributed by atoms with van der Waals surface area (Å²) < 4.78 is 42.4. The van der Waals surface area contributed by atoms with Gasteiger partial charge in [-0.05, 0) is 24.6 Å². The summed E-state index contributed by atoms with van der Waals surface area (Å²) in [7, 11) is 0. The zero-order valence-electron chi connectivity index (χ0n) is 10.6. The van der Waals surface area contributed by atoms with Gasteiger partial charge >= 0.3 is 6.18 Å². The summed E-state index contributed by atoms with van der Waals surface area (Å²) in [6.45, 7) is 2.79. The van der Waals surface area contributed by atoms with Gasteiger partial charge in [-0.1, -0.05) is 23.5 Å². The van der Waals surface area contributed by atoms with E-state index in [1.165, 1.54) is 0 Å². The van der Waals surface area contributed by atoms with Crippen LogP contribution in [0.5, 0.6) is 5.75 Å². The van der Waals surface area contributed by atoms with Crippen LogP contribution < -0.4 is 10.1 Å². The van der Waals surface area contributed by atoms with Crippen molar-refractivity contribution in [3.8, 4) is 5.75 Å². The second kappa shape index (κ2) is 6.08. The Labute approximate surface area is 117 Å². The van der Waals surface area contributed by atoms with Crippen LogP contribution >= 0.6 is 11.3 Å². The highest BCUT2D eigenvalue weighted by molar-refractivity contribution is 7.15. The highest BCUT2D eigenvalue weighted by Crippen LogP contribution is 2.33. The molecule has 108 valence electrons. The van der Waals surface area contributed by atoms with E-state index in [9.17, 15) is 13.2 Å². The molecule has 0 bridgehead atoms. The summed E-state index contributed by atoms with van der Waals surface area (Å²) in [5.41, 5.74) is 0.889. The maximum absolute atomic E-state index is 12.4. The number of ether oxygens (including phenoxy) is 1. The fourth-order valence-corrected chi connectivity index (χ4v) is 2.11. The molecular formula is C12H12F3N3OS. The van der Waals surface area contributed by atoms with Gasteiger partial charge in [-0.25, -0.2) is 0 Å². The van der Waals surface area contributed by atoms with Gasteiger partial charge < -0.3 is 10.1 Å². The van der Waals surface area contributed by atoms with E-state index in [-0.39, 0.29) is 5.13 Å². The lowest BCUT2D eigenvalue weighted by Gasteiger charge is -2.06. The maximum atomic E-state index is 12.4. The predicted molar refractivity (Wildman–Crippen MR) is 69.8 cm³/mol. The highest BCUT2D eigenvalue weighted by Gasteiger charge is 2.35. The Morgan fingerprint density at radius 2 is 2.10 bits per heavy atom. The molecule has 0 unspecified atom stereocenters. The molecule has 8 heteroatoms. The number of nitrogens with zero attached hydrogens (tertiary/aromatic N) is 2. The van der Waals surface area contributed by atoms with E-state index in [1.807, 2.05) is 31.2 Å². The van der Waals surface area contributed by atoms with Crippen molar-refractivity contribution in [1.29, 1.82) is 0 Å². The Balaban J connectivity index is 1.98. The average molecular weight is 303 g/mol. The van der Waals surface area contributed by atoms with Crippen LogP contribution in [0.1, 0.15) is 17.5 Å². The monoisotopic (exact) mass is 303 g/mol. The van der Waals surface area contributed by atoms with E-state index in [4.69, 9.17) is 4.74 Å². The molecule has 0 radical (unpaired) electrons. The van der Waals surface area contributed by atoms with Crippen LogP contribution in [0.4, 0.5) is 18.3 Å². The zero-order valence-corrected chi connectivity index (χ0v) is 11.4. The molecule has 0 fully saturated rings. The fourth-order valence-electron chi connectivity index (χ4n) is 1.50. The number of hydrogen-bond acceptors (Lipinski definition) is 5. The van der Waals surface area contributed by atoms with Gasteiger partial charge in [0.25, 0.3) is 0 Å². The molecule has 1 N–H and O–H groups in total. The molecule has 0 aliphatic heterocycles. The second-order valence-corrected chi connectivity index (χ2v) is 4.82. The Morgan fingerprint density at radius 3 is 2.75 bits per heavy atom. The first-order valence-corrected chi connectivity index (χ1v) is 6.67. The largest absolute Gasteiger partial charge is 0.494 e. The molecule has 0 saturated carbocycles. The van der Waals surface area contributed by atoms with Crippen LogP contribution in [0, 0.1) is 0 Å². The van der Waals surface area contributed by atoms with Crippen molar-refractivity contribution in [2.45, 2.75) is 19.6 Å². The molecule has 0 atom stereocenters. The van der Waals surface area contributed by atoms with Crippen LogP contribution in [-0.2, 0) is 12.7 Å². The topological polar surface area (TPSA) is 47.0 Å². The molecule has 2 rings (SSSR count). The Morgan fingerprint density at radius 1 is 1.30 bits per heavy atom. The Kier molecular flexibility index (Phi) is 4.43. The first kappa shape index (κ1) is 14.6. The van der Waals surface area contributed by atoms with Crippen molar-refractivity contribution in [2.75, 3.05) is 11.9 Å². The van der Waals surface area contributed by atoms with Crippen LogP contribution in [0.3, 0.4) is 0 Å². The summed E-state index contributed by atoms with van der Waals surface area (Å²) in [5.74, 6) is 0.722. The average Bonchev–Trinajstić information content (AvgIpc) is 2.86. The van der Waals surface area contributed by atoms with E-state index in [0.29, 0.717) is 24.5 Å². The number of aromatic nitrogens is 2. The molecule has 2 aromatic rings. The number of hydrogen-bond donors (Lipinski definition) is 1. The molecule has 1 aromatic heterocycles. The minimum atomic E-state index is -4.45. The molecular weight excluding hydrogens is 291 g/mol. The summed E-state index contributed by atoms with van der Waals surface area (Å²) in [6, 6.07) is 7.31. The van der Waals surface area contributed by atoms with Gasteiger partial charge in [-0.3, -0.25) is 0 Å². The first-order chi connectivity index (χ1) is 9.49. The number of alkyl halides is 3. The minimum absolute atomic E-state index is 0.138. The SMILES string of the molecule is CCOc1cccc(CNc2nnc(C(F)(F)F)s2)c1. The maximum Gasteiger partial charge on any atom is 0.445 e. The lowest BCUT2D eigenvalue weighted by Crippen LogP contribution is -2.03. The van der Waals surface area contributed by atoms with Crippen molar-refractivity contribution in [3.05, 3.63) is 34.8 Å². The van der Waals surface area contributed by atoms with Crippen molar-refractivity contribution in [2.24, 2.45) is 0 Å². The van der Waals surface area contributed by atoms with Crippen LogP contribution in [-0.4, -0.2) is 16.8 Å². The predicted octanol–water partition coefficient (Wildman–Crippen LogP) is 3.57. The zero-order chi connectivity index (χ0) is 14.6. The molecule has 0 aliphatic carbocycles. The van der Waals surface area contributed by atoms with Crippen molar-refractivity contribution >= 4 is 16.5 Å². The third-order valence-corrected chi connectivity index (χ3v) is 3.25. The van der Waals surface area contributed by atoms with Gasteiger partial charge in [-0.15, -0.1) is 10.2 Å². The molecule has 1 aromatic carbocycles. The molecule has 1 heterocycles. The standard InChI is InChI=1S/C12H12F3N3OS/c1-2-19-9-5-3-4-8(6-9)7-16-11-18-17-10(20-11)12(13,14)15/h3-6H,2,7H2,1H3,(H,16,18). The summed E-state index contributed by atoms with van der Waals surface area (Å²) in [6.07, 6.45) is -4.45. The number of anilines is 1. The summed E-state index contributed by atoms with van der Waals surface area (Å²) in [5, 5.41) is 8.56. The molecule has 0 spiro atoms. The minimum Gasteiger partial charge on any atom is -0.494 e. The van der Waals surface area contributed by atoms with Crippen molar-refractivity contribution < 1.29 is 17.9 Å². The van der Waals surface area contributed by atoms with Crippen molar-refractivity contribution in [1.82, 2.24) is 10.2 Å². The number of rotatable bonds is 5. The number of nitrogens with one attached hydrogen (secondary N) is 1. The van der Waals surface area contributed by atoms with Crippen LogP contribution in [0.2, 0.25) is 0 Å². The van der Waals surface area contributed by atoms with Gasteiger partial charge in [0.1, 0.15) is 5.75 Å². The van der Waals surface area contributed by atoms with E-state index in [1.54, 1.807) is 0 Å². The van der Waals surface area contributed by atoms with Crippen LogP contribution in [0.25, 0.3) is 0 Å². The van der Waals surface area contributed by atoms with Crippen molar-refractivity contribution in [3.63, 3.8) is 0 Å². The van der Waals surface area contributed by atoms with Gasteiger partial charge in [-0.2, -0.15) is 13.2 Å². The Bertz CT molecular complexity index is 571. The van der Waals surface area contributed by atoms with E-state index >= 15 is 0 Å². The van der Waals surface area contributed by atoms with Gasteiger partial charge in [0.2, 0.25) is 10.1 Å². The van der Waals surface area contributed by atoms with Gasteiger partial charge in [0.05, 0.1) is 6.61 Å². The Hall–Kier alpha value is -1.83. The lowest BCUT2D eigenvalue weighted by molar-refractivity contribution is -0.138. The smallest absolute Gasteiger partial charge is 0.445 e. The van der Waals surface area contributed by atoms with E-state index < -0.39 is 11.2 Å². The van der Waals surface area contributed by atoms with Gasteiger partial charge in [0, 0.05) is 6.54 Å².